The summed E-state index contributed by atoms with van der Waals surface area (Å²) in [5.41, 5.74) is 7.07. The summed E-state index contributed by atoms with van der Waals surface area (Å²) in [6.07, 6.45) is 0. The highest BCUT2D eigenvalue weighted by atomic mass is 35.5. The molecule has 25 heavy (non-hydrogen) atoms. The lowest BCUT2D eigenvalue weighted by atomic mass is 10.0. The topological polar surface area (TPSA) is 62.4 Å². The van der Waals surface area contributed by atoms with Crippen LogP contribution in [0.4, 0.5) is 5.69 Å². The zero-order valence-electron chi connectivity index (χ0n) is 14.0. The second-order valence-electron chi connectivity index (χ2n) is 5.65. The van der Waals surface area contributed by atoms with Crippen molar-refractivity contribution in [3.63, 3.8) is 0 Å². The van der Waals surface area contributed by atoms with Crippen LogP contribution in [0, 0.1) is 0 Å². The summed E-state index contributed by atoms with van der Waals surface area (Å²) in [5.74, 6) is 0.755. The van der Waals surface area contributed by atoms with Gasteiger partial charge < -0.3 is 10.1 Å². The number of hydrogen-bond acceptors (Lipinski definition) is 3. The van der Waals surface area contributed by atoms with Crippen molar-refractivity contribution in [3.05, 3.63) is 59.1 Å². The summed E-state index contributed by atoms with van der Waals surface area (Å²) in [6, 6.07) is 14.7. The first-order chi connectivity index (χ1) is 11.9. The first-order valence-electron chi connectivity index (χ1n) is 7.78. The van der Waals surface area contributed by atoms with Gasteiger partial charge in [-0.25, -0.2) is 0 Å². The van der Waals surface area contributed by atoms with E-state index in [4.69, 9.17) is 28.6 Å². The number of carbonyl (C=O) groups is 1. The van der Waals surface area contributed by atoms with E-state index < -0.39 is 0 Å². The highest BCUT2D eigenvalue weighted by molar-refractivity contribution is 7.80. The molecule has 2 rings (SSSR count). The van der Waals surface area contributed by atoms with Gasteiger partial charge in [-0.05, 0) is 60.1 Å². The fraction of sp³-hybridized carbons (Fsp3) is 0.222. The van der Waals surface area contributed by atoms with Gasteiger partial charge in [0, 0.05) is 10.7 Å². The molecule has 2 aromatic carbocycles. The number of anilines is 1. The molecule has 0 aliphatic rings. The van der Waals surface area contributed by atoms with Crippen LogP contribution in [-0.4, -0.2) is 17.6 Å². The zero-order valence-corrected chi connectivity index (χ0v) is 15.6. The van der Waals surface area contributed by atoms with Crippen molar-refractivity contribution < 1.29 is 9.53 Å². The van der Waals surface area contributed by atoms with Crippen LogP contribution in [0.1, 0.15) is 25.3 Å². The van der Waals surface area contributed by atoms with E-state index in [0.717, 1.165) is 5.69 Å². The molecular formula is C18H20ClN3O2S. The Hall–Kier alpha value is -2.31. The third kappa shape index (κ3) is 6.60. The predicted octanol–water partition coefficient (Wildman–Crippen LogP) is 3.86. The maximum Gasteiger partial charge on any atom is 0.276 e. The molecule has 2 aromatic rings. The number of carbonyl (C=O) groups excluding carboxylic acids is 1. The van der Waals surface area contributed by atoms with Gasteiger partial charge in [0.2, 0.25) is 0 Å². The smallest absolute Gasteiger partial charge is 0.276 e. The van der Waals surface area contributed by atoms with Gasteiger partial charge in [0.15, 0.2) is 11.7 Å². The predicted molar refractivity (Wildman–Crippen MR) is 105 cm³/mol. The molecule has 0 saturated heterocycles. The number of hydrogen-bond donors (Lipinski definition) is 3. The number of amides is 1. The van der Waals surface area contributed by atoms with Crippen molar-refractivity contribution in [2.75, 3.05) is 11.9 Å². The minimum atomic E-state index is -0.340. The Balaban J connectivity index is 1.71. The molecule has 0 aliphatic carbocycles. The number of nitrogens with one attached hydrogen (secondary N) is 3. The van der Waals surface area contributed by atoms with E-state index >= 15 is 0 Å². The second kappa shape index (κ2) is 9.25. The Morgan fingerprint density at radius 3 is 2.32 bits per heavy atom. The van der Waals surface area contributed by atoms with Crippen molar-refractivity contribution >= 4 is 40.5 Å². The van der Waals surface area contributed by atoms with E-state index in [1.54, 1.807) is 24.3 Å². The second-order valence-corrected chi connectivity index (χ2v) is 6.49. The van der Waals surface area contributed by atoms with Crippen LogP contribution in [-0.2, 0) is 4.79 Å². The maximum atomic E-state index is 11.8. The number of rotatable bonds is 5. The Morgan fingerprint density at radius 1 is 1.08 bits per heavy atom. The summed E-state index contributed by atoms with van der Waals surface area (Å²) >= 11 is 10.9. The molecule has 0 bridgehead atoms. The van der Waals surface area contributed by atoms with Crippen LogP contribution >= 0.6 is 23.8 Å². The summed E-state index contributed by atoms with van der Waals surface area (Å²) in [6.45, 7) is 4.13. The van der Waals surface area contributed by atoms with Crippen molar-refractivity contribution in [3.8, 4) is 5.75 Å². The molecule has 132 valence electrons. The highest BCUT2D eigenvalue weighted by Crippen LogP contribution is 2.18. The van der Waals surface area contributed by atoms with Crippen molar-refractivity contribution in [2.24, 2.45) is 0 Å². The summed E-state index contributed by atoms with van der Waals surface area (Å²) in [4.78, 5) is 11.8. The molecule has 0 heterocycles. The van der Waals surface area contributed by atoms with Gasteiger partial charge in [0.25, 0.3) is 5.91 Å². The first kappa shape index (κ1) is 19.0. The Kier molecular flexibility index (Phi) is 7.03. The molecular weight excluding hydrogens is 358 g/mol. The molecule has 0 unspecified atom stereocenters. The maximum absolute atomic E-state index is 11.8. The van der Waals surface area contributed by atoms with Gasteiger partial charge in [-0.3, -0.25) is 15.6 Å². The van der Waals surface area contributed by atoms with Gasteiger partial charge in [-0.15, -0.1) is 0 Å². The standard InChI is InChI=1S/C18H20ClN3O2S/c1-12(2)13-3-9-16(10-4-13)24-11-17(23)21-22-18(25)20-15-7-5-14(19)6-8-15/h3-10,12H,11H2,1-2H3,(H,21,23)(H2,20,22,25). The number of thiocarbonyl (C=S) groups is 1. The van der Waals surface area contributed by atoms with Gasteiger partial charge >= 0.3 is 0 Å². The van der Waals surface area contributed by atoms with Gasteiger partial charge in [-0.2, -0.15) is 0 Å². The molecule has 0 atom stereocenters. The Labute approximate surface area is 157 Å². The lowest BCUT2D eigenvalue weighted by molar-refractivity contribution is -0.123. The average Bonchev–Trinajstić information content (AvgIpc) is 2.60. The van der Waals surface area contributed by atoms with Crippen LogP contribution in [0.2, 0.25) is 5.02 Å². The fourth-order valence-electron chi connectivity index (χ4n) is 1.96. The molecule has 7 heteroatoms. The lowest BCUT2D eigenvalue weighted by Gasteiger charge is -2.12. The minimum Gasteiger partial charge on any atom is -0.484 e. The molecule has 0 aliphatic heterocycles. The van der Waals surface area contributed by atoms with Crippen molar-refractivity contribution in [1.82, 2.24) is 10.9 Å². The SMILES string of the molecule is CC(C)c1ccc(OCC(=O)NNC(=S)Nc2ccc(Cl)cc2)cc1. The quantitative estimate of drug-likeness (QED) is 0.545. The van der Waals surface area contributed by atoms with E-state index in [9.17, 15) is 4.79 Å². The zero-order chi connectivity index (χ0) is 18.2. The highest BCUT2D eigenvalue weighted by Gasteiger charge is 2.05. The minimum absolute atomic E-state index is 0.114. The van der Waals surface area contributed by atoms with Crippen LogP contribution < -0.4 is 20.9 Å². The van der Waals surface area contributed by atoms with E-state index in [2.05, 4.69) is 30.0 Å². The third-order valence-electron chi connectivity index (χ3n) is 3.33. The number of ether oxygens (including phenoxy) is 1. The molecule has 1 amide bonds. The normalized spacial score (nSPS) is 10.2. The number of hydrazine groups is 1. The van der Waals surface area contributed by atoms with E-state index in [0.29, 0.717) is 16.7 Å². The van der Waals surface area contributed by atoms with Crippen LogP contribution in [0.15, 0.2) is 48.5 Å². The van der Waals surface area contributed by atoms with E-state index in [1.807, 2.05) is 24.3 Å². The number of benzene rings is 2. The molecule has 0 spiro atoms. The molecule has 0 radical (unpaired) electrons. The van der Waals surface area contributed by atoms with Gasteiger partial charge in [-0.1, -0.05) is 37.6 Å². The molecule has 0 fully saturated rings. The number of halogens is 1. The lowest BCUT2D eigenvalue weighted by Crippen LogP contribution is -2.45. The summed E-state index contributed by atoms with van der Waals surface area (Å²) in [7, 11) is 0. The summed E-state index contributed by atoms with van der Waals surface area (Å²) in [5, 5.41) is 3.82. The average molecular weight is 378 g/mol. The van der Waals surface area contributed by atoms with Gasteiger partial charge in [0.05, 0.1) is 0 Å². The van der Waals surface area contributed by atoms with Crippen LogP contribution in [0.5, 0.6) is 5.75 Å². The largest absolute Gasteiger partial charge is 0.484 e. The first-order valence-corrected chi connectivity index (χ1v) is 8.57. The van der Waals surface area contributed by atoms with Crippen LogP contribution in [0.3, 0.4) is 0 Å². The molecule has 3 N–H and O–H groups in total. The Bertz CT molecular complexity index is 718. The monoisotopic (exact) mass is 377 g/mol. The summed E-state index contributed by atoms with van der Waals surface area (Å²) < 4.78 is 5.44. The Morgan fingerprint density at radius 2 is 1.72 bits per heavy atom. The molecule has 0 aromatic heterocycles. The van der Waals surface area contributed by atoms with E-state index in [1.165, 1.54) is 5.56 Å². The van der Waals surface area contributed by atoms with E-state index in [-0.39, 0.29) is 17.6 Å². The van der Waals surface area contributed by atoms with Crippen molar-refractivity contribution in [2.45, 2.75) is 19.8 Å². The van der Waals surface area contributed by atoms with Gasteiger partial charge in [0.1, 0.15) is 5.75 Å². The third-order valence-corrected chi connectivity index (χ3v) is 3.79. The fourth-order valence-corrected chi connectivity index (χ4v) is 2.25. The molecule has 5 nitrogen and oxygen atoms in total. The molecule has 0 saturated carbocycles. The van der Waals surface area contributed by atoms with Crippen LogP contribution in [0.25, 0.3) is 0 Å². The van der Waals surface area contributed by atoms with Crippen molar-refractivity contribution in [1.29, 1.82) is 0 Å².